The molecule has 0 atom stereocenters. The van der Waals surface area contributed by atoms with Crippen molar-refractivity contribution in [1.29, 1.82) is 5.26 Å². The van der Waals surface area contributed by atoms with Gasteiger partial charge in [-0.1, -0.05) is 6.07 Å². The third-order valence-corrected chi connectivity index (χ3v) is 7.55. The second kappa shape index (κ2) is 8.51. The zero-order valence-electron chi connectivity index (χ0n) is 18.0. The average Bonchev–Trinajstić information content (AvgIpc) is 3.60. The minimum absolute atomic E-state index is 0.0606. The Morgan fingerprint density at radius 1 is 1.35 bits per heavy atom. The maximum Gasteiger partial charge on any atom is 0.263 e. The fraction of sp³-hybridized carbons (Fsp3) is 0.273. The van der Waals surface area contributed by atoms with Crippen LogP contribution in [0.4, 0.5) is 4.39 Å². The summed E-state index contributed by atoms with van der Waals surface area (Å²) in [4.78, 5) is 29.8. The SMILES string of the molecule is Cn1c(=O)c(C(=O)NCc2ccc(C#N)c(F)c2)cc2nccc(OCC3(S(N)(=O)=O)CC3)c21. The number of aryl methyl sites for hydroxylation is 1. The van der Waals surface area contributed by atoms with E-state index < -0.39 is 32.1 Å². The van der Waals surface area contributed by atoms with E-state index in [9.17, 15) is 22.4 Å². The van der Waals surface area contributed by atoms with Crippen molar-refractivity contribution in [3.8, 4) is 11.8 Å². The highest BCUT2D eigenvalue weighted by Crippen LogP contribution is 2.42. The standard InChI is InChI=1S/C22H20FN5O5S/c1-28-19-17(26-7-4-18(19)33-12-22(5-6-22)34(25,31)32)9-15(21(28)30)20(29)27-11-13-2-3-14(10-24)16(23)8-13/h2-4,7-9H,5-6,11-12H2,1H3,(H,27,29)(H2,25,31,32). The van der Waals surface area contributed by atoms with Gasteiger partial charge in [-0.2, -0.15) is 5.26 Å². The number of primary sulfonamides is 1. The quantitative estimate of drug-likeness (QED) is 0.507. The molecule has 34 heavy (non-hydrogen) atoms. The number of hydrogen-bond acceptors (Lipinski definition) is 7. The normalized spacial score (nSPS) is 14.4. The molecule has 0 aliphatic heterocycles. The van der Waals surface area contributed by atoms with E-state index >= 15 is 0 Å². The lowest BCUT2D eigenvalue weighted by Gasteiger charge is -2.17. The number of halogens is 1. The number of aromatic nitrogens is 2. The van der Waals surface area contributed by atoms with Gasteiger partial charge in [-0.25, -0.2) is 17.9 Å². The summed E-state index contributed by atoms with van der Waals surface area (Å²) in [6.45, 7) is -0.225. The summed E-state index contributed by atoms with van der Waals surface area (Å²) in [6.07, 6.45) is 2.20. The fourth-order valence-electron chi connectivity index (χ4n) is 3.55. The number of sulfonamides is 1. The minimum Gasteiger partial charge on any atom is -0.490 e. The first-order chi connectivity index (χ1) is 16.1. The molecule has 0 saturated heterocycles. The van der Waals surface area contributed by atoms with Crippen molar-refractivity contribution in [1.82, 2.24) is 14.9 Å². The van der Waals surface area contributed by atoms with Gasteiger partial charge in [-0.15, -0.1) is 0 Å². The smallest absolute Gasteiger partial charge is 0.263 e. The van der Waals surface area contributed by atoms with Crippen LogP contribution >= 0.6 is 0 Å². The predicted molar refractivity (Wildman–Crippen MR) is 120 cm³/mol. The molecule has 12 heteroatoms. The molecule has 2 heterocycles. The van der Waals surface area contributed by atoms with E-state index in [0.29, 0.717) is 23.9 Å². The summed E-state index contributed by atoms with van der Waals surface area (Å²) < 4.78 is 43.2. The van der Waals surface area contributed by atoms with E-state index in [0.717, 1.165) is 6.07 Å². The highest BCUT2D eigenvalue weighted by atomic mass is 32.2. The number of benzene rings is 1. The van der Waals surface area contributed by atoms with Gasteiger partial charge in [0.25, 0.3) is 11.5 Å². The molecule has 3 N–H and O–H groups in total. The van der Waals surface area contributed by atoms with Crippen LogP contribution in [-0.4, -0.2) is 35.2 Å². The van der Waals surface area contributed by atoms with Crippen molar-refractivity contribution in [3.63, 3.8) is 0 Å². The van der Waals surface area contributed by atoms with Crippen molar-refractivity contribution in [2.45, 2.75) is 24.1 Å². The molecule has 1 amide bonds. The van der Waals surface area contributed by atoms with Gasteiger partial charge >= 0.3 is 0 Å². The van der Waals surface area contributed by atoms with Gasteiger partial charge in [0.1, 0.15) is 40.1 Å². The van der Waals surface area contributed by atoms with Crippen LogP contribution in [0.2, 0.25) is 0 Å². The predicted octanol–water partition coefficient (Wildman–Crippen LogP) is 1.07. The second-order valence-electron chi connectivity index (χ2n) is 8.09. The number of carbonyl (C=O) groups is 1. The number of nitrogens with zero attached hydrogens (tertiary/aromatic N) is 3. The van der Waals surface area contributed by atoms with Crippen LogP contribution in [0, 0.1) is 17.1 Å². The van der Waals surface area contributed by atoms with Crippen LogP contribution in [-0.2, 0) is 23.6 Å². The number of nitriles is 1. The van der Waals surface area contributed by atoms with E-state index in [2.05, 4.69) is 10.3 Å². The summed E-state index contributed by atoms with van der Waals surface area (Å²) in [6, 6.07) is 8.47. The zero-order valence-corrected chi connectivity index (χ0v) is 18.9. The molecule has 0 spiro atoms. The van der Waals surface area contributed by atoms with Gasteiger partial charge in [0.2, 0.25) is 10.0 Å². The third-order valence-electron chi connectivity index (χ3n) is 5.82. The first-order valence-electron chi connectivity index (χ1n) is 10.2. The highest BCUT2D eigenvalue weighted by Gasteiger charge is 2.54. The number of hydrogen-bond donors (Lipinski definition) is 2. The Bertz CT molecular complexity index is 1520. The molecule has 1 aliphatic rings. The molecule has 3 aromatic rings. The maximum absolute atomic E-state index is 13.8. The average molecular weight is 485 g/mol. The van der Waals surface area contributed by atoms with Crippen LogP contribution in [0.15, 0.2) is 41.3 Å². The second-order valence-corrected chi connectivity index (χ2v) is 10.0. The molecule has 1 fully saturated rings. The van der Waals surface area contributed by atoms with E-state index in [1.165, 1.54) is 42.1 Å². The molecule has 2 aromatic heterocycles. The molecule has 1 aromatic carbocycles. The Morgan fingerprint density at radius 3 is 2.71 bits per heavy atom. The molecule has 1 saturated carbocycles. The Hall–Kier alpha value is -3.82. The van der Waals surface area contributed by atoms with Gasteiger partial charge in [0, 0.05) is 25.9 Å². The summed E-state index contributed by atoms with van der Waals surface area (Å²) in [5, 5.41) is 16.7. The van der Waals surface area contributed by atoms with Crippen LogP contribution in [0.5, 0.6) is 5.75 Å². The highest BCUT2D eigenvalue weighted by molar-refractivity contribution is 7.90. The van der Waals surface area contributed by atoms with Crippen molar-refractivity contribution < 1.29 is 22.3 Å². The summed E-state index contributed by atoms with van der Waals surface area (Å²) in [5.41, 5.74) is 0.0795. The van der Waals surface area contributed by atoms with E-state index in [4.69, 9.17) is 15.1 Å². The fourth-order valence-corrected chi connectivity index (χ4v) is 4.44. The van der Waals surface area contributed by atoms with Crippen LogP contribution < -0.4 is 20.8 Å². The molecular formula is C22H20FN5O5S. The topological polar surface area (TPSA) is 157 Å². The molecule has 176 valence electrons. The zero-order chi connectivity index (χ0) is 24.7. The van der Waals surface area contributed by atoms with Crippen LogP contribution in [0.1, 0.15) is 34.3 Å². The lowest BCUT2D eigenvalue weighted by Crippen LogP contribution is -2.36. The number of nitrogens with two attached hydrogens (primary N) is 1. The molecule has 10 nitrogen and oxygen atoms in total. The number of rotatable bonds is 7. The van der Waals surface area contributed by atoms with Crippen LogP contribution in [0.3, 0.4) is 0 Å². The monoisotopic (exact) mass is 485 g/mol. The molecule has 0 bridgehead atoms. The van der Waals surface area contributed by atoms with E-state index in [1.54, 1.807) is 6.07 Å². The van der Waals surface area contributed by atoms with Crippen molar-refractivity contribution in [3.05, 3.63) is 69.4 Å². The third kappa shape index (κ3) is 4.23. The minimum atomic E-state index is -3.79. The summed E-state index contributed by atoms with van der Waals surface area (Å²) in [7, 11) is -2.35. The molecular weight excluding hydrogens is 465 g/mol. The van der Waals surface area contributed by atoms with Gasteiger partial charge in [-0.3, -0.25) is 14.6 Å². The Labute approximate surface area is 193 Å². The number of pyridine rings is 2. The number of amides is 1. The number of carbonyl (C=O) groups excluding carboxylic acids is 1. The lowest BCUT2D eigenvalue weighted by atomic mass is 10.1. The number of ether oxygens (including phenoxy) is 1. The van der Waals surface area contributed by atoms with Gasteiger partial charge < -0.3 is 14.6 Å². The van der Waals surface area contributed by atoms with Crippen molar-refractivity contribution in [2.24, 2.45) is 12.2 Å². The first-order valence-corrected chi connectivity index (χ1v) is 11.7. The summed E-state index contributed by atoms with van der Waals surface area (Å²) in [5.74, 6) is -1.16. The van der Waals surface area contributed by atoms with Crippen molar-refractivity contribution >= 4 is 27.0 Å². The maximum atomic E-state index is 13.8. The largest absolute Gasteiger partial charge is 0.490 e. The molecule has 1 aliphatic carbocycles. The van der Waals surface area contributed by atoms with E-state index in [1.807, 2.05) is 0 Å². The van der Waals surface area contributed by atoms with Gasteiger partial charge in [-0.05, 0) is 36.6 Å². The molecule has 4 rings (SSSR count). The Balaban J connectivity index is 1.58. The van der Waals surface area contributed by atoms with Gasteiger partial charge in [0.05, 0.1) is 11.1 Å². The Morgan fingerprint density at radius 2 is 2.09 bits per heavy atom. The number of fused-ring (bicyclic) bond motifs is 1. The van der Waals surface area contributed by atoms with Crippen molar-refractivity contribution in [2.75, 3.05) is 6.61 Å². The lowest BCUT2D eigenvalue weighted by molar-refractivity contribution is 0.0949. The molecule has 0 radical (unpaired) electrons. The Kier molecular flexibility index (Phi) is 5.84. The number of nitrogens with one attached hydrogen (secondary N) is 1. The summed E-state index contributed by atoms with van der Waals surface area (Å²) >= 11 is 0. The van der Waals surface area contributed by atoms with Crippen LogP contribution in [0.25, 0.3) is 11.0 Å². The molecule has 0 unspecified atom stereocenters. The van der Waals surface area contributed by atoms with Gasteiger partial charge in [0.15, 0.2) is 0 Å². The first kappa shape index (κ1) is 23.3. The van der Waals surface area contributed by atoms with E-state index in [-0.39, 0.29) is 35.5 Å².